The predicted molar refractivity (Wildman–Crippen MR) is 439 cm³/mol. The summed E-state index contributed by atoms with van der Waals surface area (Å²) in [5.74, 6) is 2.00. The molecule has 604 valence electrons. The molecule has 8 N–H and O–H groups in total. The largest absolute Gasteiger partial charge is 0.490 e. The molecule has 13 rings (SSSR count). The fourth-order valence-electron chi connectivity index (χ4n) is 10.7. The Labute approximate surface area is 687 Å². The van der Waals surface area contributed by atoms with Gasteiger partial charge in [0, 0.05) is 5.56 Å². The quantitative estimate of drug-likeness (QED) is 0.00891. The fraction of sp³-hybridized carbons (Fsp3) is 0.190. The minimum Gasteiger partial charge on any atom is -0.490 e. The highest BCUT2D eigenvalue weighted by Crippen LogP contribution is 2.30. The minimum atomic E-state index is -0.980. The van der Waals surface area contributed by atoms with E-state index >= 15 is 0 Å². The van der Waals surface area contributed by atoms with Gasteiger partial charge in [0.1, 0.15) is 98.9 Å². The Morgan fingerprint density at radius 2 is 0.667 bits per heavy atom. The molecule has 0 radical (unpaired) electrons. The summed E-state index contributed by atoms with van der Waals surface area (Å²) in [6.45, 7) is 2.69. The van der Waals surface area contributed by atoms with E-state index in [-0.39, 0.29) is 71.8 Å². The van der Waals surface area contributed by atoms with Crippen LogP contribution < -0.4 is 70.2 Å². The Bertz CT molecular complexity index is 5030. The van der Waals surface area contributed by atoms with Gasteiger partial charge in [-0.05, 0) is 217 Å². The number of carboxylic acid groups (broad SMARTS) is 1. The molecule has 3 atom stereocenters. The standard InChI is InChI=1S/C25H23N3O5S.C20H19NO6S.C20H17NO6S.C19H17NO6S/c26-20-3-1-2-4-21(20)27-23(29)17-7-11-19(12-8-17)33-14-13-32-18-9-5-16(6-10-18)15-22-24(30)28-25(31)34-22;2*1-25-19(23)14-4-8-16(9-5-14)27-11-10-26-15-6-2-13(3-7-15)12-17-18(22)21-20(24)28-17;21-17-16(27-19(24)20-17)11-12-1-5-14(6-2-12)25-9-10-26-15-7-3-13(4-8-15)18(22)23/h1-12,22H,13-15,26H2,(H,27,29)(H,28,30,31);2-9,17H,10-12H2,1H3,(H,21,22,24);2-9,12H,10-11H2,1H3,(H,21,22,24);1-8,16H,9-11H2,(H,22,23)(H,20,21,24)/b;;17-12+;. The zero-order valence-electron chi connectivity index (χ0n) is 62.5. The van der Waals surface area contributed by atoms with Crippen LogP contribution in [0.15, 0.2) is 223 Å². The van der Waals surface area contributed by atoms with E-state index in [0.717, 1.165) is 69.3 Å². The van der Waals surface area contributed by atoms with E-state index in [1.807, 2.05) is 60.7 Å². The lowest BCUT2D eigenvalue weighted by Crippen LogP contribution is -2.25. The summed E-state index contributed by atoms with van der Waals surface area (Å²) < 4.78 is 54.1. The molecule has 29 nitrogen and oxygen atoms in total. The van der Waals surface area contributed by atoms with Crippen molar-refractivity contribution in [3.05, 3.63) is 268 Å². The number of thioether (sulfide) groups is 4. The molecule has 0 saturated carbocycles. The van der Waals surface area contributed by atoms with Crippen molar-refractivity contribution < 1.29 is 110 Å². The molecule has 0 aliphatic carbocycles. The number of esters is 2. The third-order valence-corrected chi connectivity index (χ3v) is 20.4. The summed E-state index contributed by atoms with van der Waals surface area (Å²) in [5.41, 5.74) is 12.2. The molecule has 9 aromatic rings. The summed E-state index contributed by atoms with van der Waals surface area (Å²) in [4.78, 5) is 137. The van der Waals surface area contributed by atoms with Gasteiger partial charge in [0.15, 0.2) is 0 Å². The number of hydrogen-bond acceptors (Lipinski definition) is 27. The van der Waals surface area contributed by atoms with E-state index in [1.54, 1.807) is 152 Å². The smallest absolute Gasteiger partial charge is 0.337 e. The van der Waals surface area contributed by atoms with Crippen molar-refractivity contribution in [1.29, 1.82) is 0 Å². The SMILES string of the molecule is COC(=O)c1ccc(OCCOc2ccc(/C=C3/SC(=O)NC3=O)cc2)cc1.COC(=O)c1ccc(OCCOc2ccc(CC3SC(=O)NC3=O)cc2)cc1.Nc1ccccc1NC(=O)c1ccc(OCCOc2ccc(CC3SC(=O)NC3=O)cc2)cc1.O=C1NC(=O)C(Cc2ccc(OCCOc3ccc(C(=O)O)cc3)cc2)S1. The third-order valence-electron chi connectivity index (χ3n) is 16.6. The maximum absolute atomic E-state index is 12.4. The lowest BCUT2D eigenvalue weighted by molar-refractivity contribution is -0.119. The number of aromatic carboxylic acids is 1. The molecule has 33 heteroatoms. The number of imide groups is 4. The summed E-state index contributed by atoms with van der Waals surface area (Å²) in [6.07, 6.45) is 3.11. The van der Waals surface area contributed by atoms with Crippen molar-refractivity contribution in [1.82, 2.24) is 21.3 Å². The molecular formula is C84H76N6O23S4. The van der Waals surface area contributed by atoms with Gasteiger partial charge in [0.25, 0.3) is 32.8 Å². The van der Waals surface area contributed by atoms with Crippen LogP contribution in [0.25, 0.3) is 6.08 Å². The zero-order chi connectivity index (χ0) is 83.0. The summed E-state index contributed by atoms with van der Waals surface area (Å²) in [7, 11) is 2.67. The number of carbonyl (C=O) groups excluding carboxylic acids is 11. The second-order valence-electron chi connectivity index (χ2n) is 24.8. The Kier molecular flexibility index (Phi) is 32.3. The van der Waals surface area contributed by atoms with E-state index in [9.17, 15) is 57.5 Å². The summed E-state index contributed by atoms with van der Waals surface area (Å²) >= 11 is 3.92. The summed E-state index contributed by atoms with van der Waals surface area (Å²) in [6, 6.07) is 62.6. The molecular weight excluding hydrogens is 1590 g/mol. The number of carbonyl (C=O) groups is 12. The molecule has 0 spiro atoms. The first kappa shape index (κ1) is 86.2. The highest BCUT2D eigenvalue weighted by Gasteiger charge is 2.34. The Morgan fingerprint density at radius 3 is 0.940 bits per heavy atom. The molecule has 9 aromatic carbocycles. The van der Waals surface area contributed by atoms with Gasteiger partial charge in [-0.25, -0.2) is 14.4 Å². The first-order valence-corrected chi connectivity index (χ1v) is 39.2. The Morgan fingerprint density at radius 1 is 0.376 bits per heavy atom. The first-order valence-electron chi connectivity index (χ1n) is 35.7. The van der Waals surface area contributed by atoms with Gasteiger partial charge >= 0.3 is 17.9 Å². The molecule has 3 unspecified atom stereocenters. The number of para-hydroxylation sites is 2. The minimum absolute atomic E-state index is 0.205. The van der Waals surface area contributed by atoms with Crippen molar-refractivity contribution in [3.8, 4) is 46.0 Å². The number of nitrogen functional groups attached to an aromatic ring is 1. The van der Waals surface area contributed by atoms with Crippen LogP contribution in [0.3, 0.4) is 0 Å². The number of nitrogens with one attached hydrogen (secondary N) is 5. The number of ether oxygens (including phenoxy) is 10. The number of anilines is 2. The van der Waals surface area contributed by atoms with Gasteiger partial charge < -0.3 is 63.5 Å². The van der Waals surface area contributed by atoms with Gasteiger partial charge in [-0.2, -0.15) is 0 Å². The normalized spacial score (nSPS) is 15.4. The van der Waals surface area contributed by atoms with Gasteiger partial charge in [-0.1, -0.05) is 95.9 Å². The topological polar surface area (TPSA) is 404 Å². The van der Waals surface area contributed by atoms with E-state index in [0.29, 0.717) is 151 Å². The lowest BCUT2D eigenvalue weighted by atomic mass is 10.1. The second kappa shape index (κ2) is 43.9. The monoisotopic (exact) mass is 1660 g/mol. The maximum atomic E-state index is 12.4. The van der Waals surface area contributed by atoms with Crippen LogP contribution in [-0.2, 0) is 47.9 Å². The van der Waals surface area contributed by atoms with Gasteiger partial charge in [0.05, 0.1) is 62.9 Å². The van der Waals surface area contributed by atoms with Gasteiger partial charge in [0.2, 0.25) is 17.7 Å². The van der Waals surface area contributed by atoms with E-state index in [4.69, 9.17) is 48.7 Å². The molecule has 4 aliphatic heterocycles. The Balaban J connectivity index is 0.000000165. The molecule has 4 aliphatic rings. The number of rotatable bonds is 32. The van der Waals surface area contributed by atoms with Crippen LogP contribution in [0.5, 0.6) is 46.0 Å². The molecule has 0 aromatic heterocycles. The van der Waals surface area contributed by atoms with Crippen LogP contribution >= 0.6 is 47.0 Å². The number of carboxylic acids is 1. The lowest BCUT2D eigenvalue weighted by Gasteiger charge is -2.11. The molecule has 4 heterocycles. The van der Waals surface area contributed by atoms with Crippen molar-refractivity contribution in [2.24, 2.45) is 0 Å². The van der Waals surface area contributed by atoms with Crippen LogP contribution in [0.2, 0.25) is 0 Å². The van der Waals surface area contributed by atoms with Crippen molar-refractivity contribution in [3.63, 3.8) is 0 Å². The number of nitrogens with two attached hydrogens (primary N) is 1. The van der Waals surface area contributed by atoms with E-state index in [2.05, 4.69) is 36.1 Å². The summed E-state index contributed by atoms with van der Waals surface area (Å²) in [5, 5.41) is 18.3. The van der Waals surface area contributed by atoms with Crippen molar-refractivity contribution >= 4 is 133 Å². The highest BCUT2D eigenvalue weighted by atomic mass is 32.2. The van der Waals surface area contributed by atoms with Gasteiger partial charge in [-0.3, -0.25) is 64.4 Å². The van der Waals surface area contributed by atoms with Gasteiger partial charge in [-0.15, -0.1) is 0 Å². The second-order valence-corrected chi connectivity index (χ2v) is 29.4. The van der Waals surface area contributed by atoms with E-state index < -0.39 is 17.9 Å². The number of methoxy groups -OCH3 is 2. The van der Waals surface area contributed by atoms with E-state index in [1.165, 1.54) is 26.4 Å². The number of benzene rings is 9. The van der Waals surface area contributed by atoms with Crippen LogP contribution in [0.4, 0.5) is 30.6 Å². The fourth-order valence-corrected chi connectivity index (χ4v) is 14.0. The molecule has 9 amide bonds. The van der Waals surface area contributed by atoms with Crippen molar-refractivity contribution in [2.75, 3.05) is 78.1 Å². The zero-order valence-corrected chi connectivity index (χ0v) is 65.8. The van der Waals surface area contributed by atoms with Crippen LogP contribution in [0, 0.1) is 0 Å². The molecule has 117 heavy (non-hydrogen) atoms. The number of amides is 9. The Hall–Kier alpha value is -13.2. The maximum Gasteiger partial charge on any atom is 0.337 e. The molecule has 4 saturated heterocycles. The van der Waals surface area contributed by atoms with Crippen molar-refractivity contribution in [2.45, 2.75) is 35.0 Å². The predicted octanol–water partition coefficient (Wildman–Crippen LogP) is 12.7. The highest BCUT2D eigenvalue weighted by molar-refractivity contribution is 8.18. The third kappa shape index (κ3) is 27.8. The van der Waals surface area contributed by atoms with Crippen LogP contribution in [-0.4, -0.2) is 156 Å². The molecule has 4 fully saturated rings. The average molecular weight is 1670 g/mol. The van der Waals surface area contributed by atoms with Crippen LogP contribution in [0.1, 0.15) is 63.7 Å². The average Bonchev–Trinajstić information content (AvgIpc) is 1.82. The molecule has 0 bridgehead atoms. The number of hydrogen-bond donors (Lipinski definition) is 7. The first-order chi connectivity index (χ1) is 56.6.